The van der Waals surface area contributed by atoms with Gasteiger partial charge in [0.25, 0.3) is 0 Å². The smallest absolute Gasteiger partial charge is 0.221 e. The van der Waals surface area contributed by atoms with Crippen LogP contribution < -0.4 is 11.1 Å². The molecule has 6 heteroatoms. The van der Waals surface area contributed by atoms with Gasteiger partial charge >= 0.3 is 0 Å². The van der Waals surface area contributed by atoms with E-state index in [4.69, 9.17) is 5.73 Å². The molecule has 0 radical (unpaired) electrons. The molecule has 0 amide bonds. The second kappa shape index (κ2) is 8.31. The molecular formula is C18H25ClN4O. The lowest BCUT2D eigenvalue weighted by Gasteiger charge is -2.47. The Labute approximate surface area is 149 Å². The molecule has 0 spiro atoms. The highest BCUT2D eigenvalue weighted by molar-refractivity contribution is 5.85. The standard InChI is InChI=1S/C18H24N4O.ClH/c19-17-20-9-8-16(22-17)21-12-18(13-23)10-15(11-18)7-6-14-4-2-1-3-5-14;/h1-5,8-9,15,23H,6-7,10-13H2,(H3,19,20,21,22);1H. The highest BCUT2D eigenvalue weighted by atomic mass is 35.5. The summed E-state index contributed by atoms with van der Waals surface area (Å²) in [5, 5.41) is 13.1. The maximum absolute atomic E-state index is 9.77. The molecule has 1 aromatic carbocycles. The van der Waals surface area contributed by atoms with E-state index < -0.39 is 0 Å². The number of nitrogens with zero attached hydrogens (tertiary/aromatic N) is 2. The molecule has 24 heavy (non-hydrogen) atoms. The van der Waals surface area contributed by atoms with Crippen LogP contribution in [0.1, 0.15) is 24.8 Å². The van der Waals surface area contributed by atoms with E-state index in [0.717, 1.165) is 31.6 Å². The van der Waals surface area contributed by atoms with Crippen molar-refractivity contribution in [1.82, 2.24) is 9.97 Å². The van der Waals surface area contributed by atoms with Crippen molar-refractivity contribution in [2.45, 2.75) is 25.7 Å². The van der Waals surface area contributed by atoms with Gasteiger partial charge in [0.05, 0.1) is 6.61 Å². The molecule has 0 unspecified atom stereocenters. The van der Waals surface area contributed by atoms with Crippen molar-refractivity contribution in [3.05, 3.63) is 48.2 Å². The molecule has 2 aromatic rings. The number of hydrogen-bond acceptors (Lipinski definition) is 5. The van der Waals surface area contributed by atoms with E-state index >= 15 is 0 Å². The highest BCUT2D eigenvalue weighted by Gasteiger charge is 2.43. The van der Waals surface area contributed by atoms with E-state index in [0.29, 0.717) is 5.92 Å². The summed E-state index contributed by atoms with van der Waals surface area (Å²) in [4.78, 5) is 8.02. The van der Waals surface area contributed by atoms with Crippen LogP contribution in [0.4, 0.5) is 11.8 Å². The van der Waals surface area contributed by atoms with Crippen LogP contribution in [0.5, 0.6) is 0 Å². The number of aryl methyl sites for hydroxylation is 1. The molecule has 5 nitrogen and oxygen atoms in total. The van der Waals surface area contributed by atoms with Gasteiger partial charge in [-0.1, -0.05) is 30.3 Å². The Morgan fingerprint density at radius 2 is 1.96 bits per heavy atom. The fourth-order valence-electron chi connectivity index (χ4n) is 3.46. The van der Waals surface area contributed by atoms with Crippen molar-refractivity contribution in [2.24, 2.45) is 11.3 Å². The van der Waals surface area contributed by atoms with Crippen LogP contribution in [-0.4, -0.2) is 28.2 Å². The van der Waals surface area contributed by atoms with Crippen LogP contribution in [0, 0.1) is 11.3 Å². The minimum Gasteiger partial charge on any atom is -0.396 e. The van der Waals surface area contributed by atoms with Gasteiger partial charge in [0, 0.05) is 18.2 Å². The zero-order valence-electron chi connectivity index (χ0n) is 13.7. The Morgan fingerprint density at radius 3 is 2.62 bits per heavy atom. The van der Waals surface area contributed by atoms with Gasteiger partial charge in [0.2, 0.25) is 5.95 Å². The number of aliphatic hydroxyl groups is 1. The summed E-state index contributed by atoms with van der Waals surface area (Å²) in [5.41, 5.74) is 6.95. The number of nitrogens with two attached hydrogens (primary N) is 1. The summed E-state index contributed by atoms with van der Waals surface area (Å²) >= 11 is 0. The van der Waals surface area contributed by atoms with Crippen LogP contribution in [0.15, 0.2) is 42.6 Å². The number of rotatable bonds is 7. The van der Waals surface area contributed by atoms with E-state index in [9.17, 15) is 5.11 Å². The Balaban J connectivity index is 0.00000208. The van der Waals surface area contributed by atoms with Crippen molar-refractivity contribution in [3.8, 4) is 0 Å². The minimum absolute atomic E-state index is 0. The number of nitrogens with one attached hydrogen (secondary N) is 1. The predicted octanol–water partition coefficient (Wildman–Crippen LogP) is 2.91. The quantitative estimate of drug-likeness (QED) is 0.716. The average molecular weight is 349 g/mol. The summed E-state index contributed by atoms with van der Waals surface area (Å²) in [6, 6.07) is 12.4. The van der Waals surface area contributed by atoms with Crippen LogP contribution >= 0.6 is 12.4 Å². The number of aliphatic hydroxyl groups excluding tert-OH is 1. The second-order valence-electron chi connectivity index (χ2n) is 6.61. The Bertz CT molecular complexity index is 632. The molecule has 0 atom stereocenters. The molecule has 3 rings (SSSR count). The molecule has 0 bridgehead atoms. The average Bonchev–Trinajstić information content (AvgIpc) is 2.54. The predicted molar refractivity (Wildman–Crippen MR) is 99.2 cm³/mol. The van der Waals surface area contributed by atoms with Gasteiger partial charge in [0.1, 0.15) is 5.82 Å². The van der Waals surface area contributed by atoms with Gasteiger partial charge < -0.3 is 16.2 Å². The van der Waals surface area contributed by atoms with Crippen LogP contribution in [0.3, 0.4) is 0 Å². The van der Waals surface area contributed by atoms with Crippen molar-refractivity contribution in [2.75, 3.05) is 24.2 Å². The lowest BCUT2D eigenvalue weighted by atomic mass is 9.61. The van der Waals surface area contributed by atoms with Crippen molar-refractivity contribution in [1.29, 1.82) is 0 Å². The molecule has 0 saturated heterocycles. The van der Waals surface area contributed by atoms with Crippen LogP contribution in [0.2, 0.25) is 0 Å². The van der Waals surface area contributed by atoms with Gasteiger partial charge in [0.15, 0.2) is 0 Å². The summed E-state index contributed by atoms with van der Waals surface area (Å²) in [6.07, 6.45) is 6.06. The number of halogens is 1. The van der Waals surface area contributed by atoms with Gasteiger partial charge in [-0.05, 0) is 43.2 Å². The Kier molecular flexibility index (Phi) is 6.40. The lowest BCUT2D eigenvalue weighted by Crippen LogP contribution is -2.45. The van der Waals surface area contributed by atoms with Crippen LogP contribution in [0.25, 0.3) is 0 Å². The number of nitrogen functional groups attached to an aromatic ring is 1. The van der Waals surface area contributed by atoms with E-state index in [1.807, 2.05) is 0 Å². The maximum Gasteiger partial charge on any atom is 0.221 e. The fourth-order valence-corrected chi connectivity index (χ4v) is 3.46. The normalized spacial score (nSPS) is 22.3. The van der Waals surface area contributed by atoms with Crippen molar-refractivity contribution >= 4 is 24.2 Å². The SMILES string of the molecule is Cl.Nc1nccc(NCC2(CO)CC(CCc3ccccc3)C2)n1. The number of hydrogen-bond donors (Lipinski definition) is 3. The van der Waals surface area contributed by atoms with Gasteiger partial charge in [-0.2, -0.15) is 4.98 Å². The summed E-state index contributed by atoms with van der Waals surface area (Å²) in [5.74, 6) is 1.68. The highest BCUT2D eigenvalue weighted by Crippen LogP contribution is 2.47. The van der Waals surface area contributed by atoms with Crippen LogP contribution in [-0.2, 0) is 6.42 Å². The number of benzene rings is 1. The Hall–Kier alpha value is -1.85. The first-order valence-corrected chi connectivity index (χ1v) is 8.16. The molecule has 1 heterocycles. The molecule has 130 valence electrons. The first-order valence-electron chi connectivity index (χ1n) is 8.16. The van der Waals surface area contributed by atoms with E-state index in [2.05, 4.69) is 45.6 Å². The van der Waals surface area contributed by atoms with E-state index in [1.165, 1.54) is 12.0 Å². The molecule has 1 aliphatic rings. The first kappa shape index (κ1) is 18.5. The molecule has 1 aromatic heterocycles. The third kappa shape index (κ3) is 4.58. The lowest BCUT2D eigenvalue weighted by molar-refractivity contribution is 0.00302. The first-order chi connectivity index (χ1) is 11.2. The van der Waals surface area contributed by atoms with Gasteiger partial charge in [-0.25, -0.2) is 4.98 Å². The molecule has 1 fully saturated rings. The zero-order valence-corrected chi connectivity index (χ0v) is 14.5. The molecule has 4 N–H and O–H groups in total. The summed E-state index contributed by atoms with van der Waals surface area (Å²) < 4.78 is 0. The van der Waals surface area contributed by atoms with Gasteiger partial charge in [-0.15, -0.1) is 12.4 Å². The van der Waals surface area contributed by atoms with Crippen molar-refractivity contribution in [3.63, 3.8) is 0 Å². The minimum atomic E-state index is -0.0267. The molecule has 0 aliphatic heterocycles. The second-order valence-corrected chi connectivity index (χ2v) is 6.61. The Morgan fingerprint density at radius 1 is 1.21 bits per heavy atom. The van der Waals surface area contributed by atoms with Gasteiger partial charge in [-0.3, -0.25) is 0 Å². The third-order valence-corrected chi connectivity index (χ3v) is 4.78. The fraction of sp³-hybridized carbons (Fsp3) is 0.444. The largest absolute Gasteiger partial charge is 0.396 e. The van der Waals surface area contributed by atoms with Crippen molar-refractivity contribution < 1.29 is 5.11 Å². The monoisotopic (exact) mass is 348 g/mol. The molecule has 1 saturated carbocycles. The maximum atomic E-state index is 9.77. The molecule has 1 aliphatic carbocycles. The zero-order chi connectivity index (χ0) is 16.1. The number of aromatic nitrogens is 2. The summed E-state index contributed by atoms with van der Waals surface area (Å²) in [6.45, 7) is 0.935. The number of anilines is 2. The van der Waals surface area contributed by atoms with E-state index in [1.54, 1.807) is 12.3 Å². The molecular weight excluding hydrogens is 324 g/mol. The third-order valence-electron chi connectivity index (χ3n) is 4.78. The van der Waals surface area contributed by atoms with E-state index in [-0.39, 0.29) is 30.4 Å². The topological polar surface area (TPSA) is 84.1 Å². The summed E-state index contributed by atoms with van der Waals surface area (Å²) in [7, 11) is 0.